The van der Waals surface area contributed by atoms with E-state index < -0.39 is 0 Å². The van der Waals surface area contributed by atoms with Crippen molar-refractivity contribution >= 4 is 44.8 Å². The number of carbonyl (C=O) groups is 1. The van der Waals surface area contributed by atoms with Crippen LogP contribution in [-0.2, 0) is 0 Å². The van der Waals surface area contributed by atoms with Crippen LogP contribution >= 0.6 is 27.5 Å². The molecule has 3 rings (SSSR count). The Bertz CT molecular complexity index is 704. The highest BCUT2D eigenvalue weighted by molar-refractivity contribution is 9.10. The van der Waals surface area contributed by atoms with E-state index in [-0.39, 0.29) is 5.91 Å². The fourth-order valence-electron chi connectivity index (χ4n) is 2.53. The van der Waals surface area contributed by atoms with E-state index in [4.69, 9.17) is 11.6 Å². The van der Waals surface area contributed by atoms with Gasteiger partial charge in [-0.2, -0.15) is 0 Å². The van der Waals surface area contributed by atoms with Crippen molar-refractivity contribution in [2.45, 2.75) is 0 Å². The monoisotopic (exact) mass is 364 g/mol. The number of hydrogen-bond donors (Lipinski definition) is 0. The minimum Gasteiger partial charge on any atom is -0.371 e. The topological polar surface area (TPSA) is 23.6 Å². The third-order valence-electron chi connectivity index (χ3n) is 3.65. The SMILES string of the molecule is CN1CCN(C(=O)c2ccc(Cl)cc2Br)c2ccccc21. The van der Waals surface area contributed by atoms with Gasteiger partial charge in [0.05, 0.1) is 16.9 Å². The number of rotatable bonds is 1. The molecule has 0 saturated carbocycles. The third kappa shape index (κ3) is 2.65. The van der Waals surface area contributed by atoms with Crippen molar-refractivity contribution < 1.29 is 4.79 Å². The van der Waals surface area contributed by atoms with Crippen LogP contribution in [-0.4, -0.2) is 26.0 Å². The molecule has 0 N–H and O–H groups in total. The summed E-state index contributed by atoms with van der Waals surface area (Å²) in [5.41, 5.74) is 2.64. The van der Waals surface area contributed by atoms with Crippen molar-refractivity contribution in [1.82, 2.24) is 0 Å². The number of halogens is 2. The molecule has 1 amide bonds. The van der Waals surface area contributed by atoms with Crippen LogP contribution in [0, 0.1) is 0 Å². The molecule has 1 aliphatic rings. The van der Waals surface area contributed by atoms with Gasteiger partial charge in [0, 0.05) is 29.6 Å². The fraction of sp³-hybridized carbons (Fsp3) is 0.188. The summed E-state index contributed by atoms with van der Waals surface area (Å²) >= 11 is 9.37. The van der Waals surface area contributed by atoms with Crippen molar-refractivity contribution in [2.75, 3.05) is 29.9 Å². The Hall–Kier alpha value is -1.52. The summed E-state index contributed by atoms with van der Waals surface area (Å²) in [6.45, 7) is 1.48. The van der Waals surface area contributed by atoms with Crippen molar-refractivity contribution in [3.8, 4) is 0 Å². The van der Waals surface area contributed by atoms with Crippen molar-refractivity contribution in [3.05, 3.63) is 57.5 Å². The molecule has 3 nitrogen and oxygen atoms in total. The van der Waals surface area contributed by atoms with Crippen LogP contribution in [0.2, 0.25) is 5.02 Å². The molecule has 0 saturated heterocycles. The Morgan fingerprint density at radius 1 is 1.14 bits per heavy atom. The van der Waals surface area contributed by atoms with E-state index >= 15 is 0 Å². The zero-order valence-corrected chi connectivity index (χ0v) is 13.9. The van der Waals surface area contributed by atoms with Gasteiger partial charge < -0.3 is 9.80 Å². The number of para-hydroxylation sites is 2. The Balaban J connectivity index is 2.01. The molecule has 5 heteroatoms. The van der Waals surface area contributed by atoms with Crippen LogP contribution in [0.5, 0.6) is 0 Å². The van der Waals surface area contributed by atoms with Crippen molar-refractivity contribution in [2.24, 2.45) is 0 Å². The summed E-state index contributed by atoms with van der Waals surface area (Å²) in [5, 5.41) is 0.609. The smallest absolute Gasteiger partial charge is 0.259 e. The minimum atomic E-state index is -0.0147. The Morgan fingerprint density at radius 2 is 1.86 bits per heavy atom. The molecule has 0 fully saturated rings. The predicted molar refractivity (Wildman–Crippen MR) is 90.5 cm³/mol. The molecule has 0 aromatic heterocycles. The number of likely N-dealkylation sites (N-methyl/N-ethyl adjacent to an activating group) is 1. The second-order valence-electron chi connectivity index (χ2n) is 4.99. The van der Waals surface area contributed by atoms with Gasteiger partial charge in [-0.1, -0.05) is 23.7 Å². The molecule has 0 bridgehead atoms. The van der Waals surface area contributed by atoms with E-state index in [2.05, 4.69) is 20.8 Å². The lowest BCUT2D eigenvalue weighted by molar-refractivity contribution is 0.0986. The molecule has 1 heterocycles. The van der Waals surface area contributed by atoms with E-state index in [1.807, 2.05) is 36.2 Å². The maximum atomic E-state index is 12.8. The second kappa shape index (κ2) is 5.70. The first kappa shape index (κ1) is 14.4. The molecular formula is C16H14BrClN2O. The second-order valence-corrected chi connectivity index (χ2v) is 6.28. The molecule has 0 atom stereocenters. The first-order valence-electron chi connectivity index (χ1n) is 6.65. The normalized spacial score (nSPS) is 14.0. The molecule has 0 unspecified atom stereocenters. The van der Waals surface area contributed by atoms with Gasteiger partial charge in [-0.05, 0) is 46.3 Å². The van der Waals surface area contributed by atoms with Crippen LogP contribution in [0.25, 0.3) is 0 Å². The summed E-state index contributed by atoms with van der Waals surface area (Å²) in [7, 11) is 2.04. The largest absolute Gasteiger partial charge is 0.371 e. The Labute approximate surface area is 137 Å². The summed E-state index contributed by atoms with van der Waals surface area (Å²) < 4.78 is 0.719. The molecular weight excluding hydrogens is 352 g/mol. The van der Waals surface area contributed by atoms with Crippen LogP contribution < -0.4 is 9.80 Å². The van der Waals surface area contributed by atoms with Crippen LogP contribution in [0.3, 0.4) is 0 Å². The van der Waals surface area contributed by atoms with Gasteiger partial charge in [0.1, 0.15) is 0 Å². The van der Waals surface area contributed by atoms with Crippen molar-refractivity contribution in [1.29, 1.82) is 0 Å². The van der Waals surface area contributed by atoms with Gasteiger partial charge >= 0.3 is 0 Å². The highest BCUT2D eigenvalue weighted by Gasteiger charge is 2.26. The van der Waals surface area contributed by atoms with Gasteiger partial charge in [-0.25, -0.2) is 0 Å². The molecule has 2 aromatic carbocycles. The van der Waals surface area contributed by atoms with Crippen molar-refractivity contribution in [3.63, 3.8) is 0 Å². The number of fused-ring (bicyclic) bond motifs is 1. The maximum absolute atomic E-state index is 12.8. The van der Waals surface area contributed by atoms with Crippen LogP contribution in [0.15, 0.2) is 46.9 Å². The van der Waals surface area contributed by atoms with E-state index in [0.717, 1.165) is 22.4 Å². The van der Waals surface area contributed by atoms with Gasteiger partial charge in [0.15, 0.2) is 0 Å². The average molecular weight is 366 g/mol. The number of carbonyl (C=O) groups excluding carboxylic acids is 1. The van der Waals surface area contributed by atoms with Crippen LogP contribution in [0.4, 0.5) is 11.4 Å². The minimum absolute atomic E-state index is 0.0147. The summed E-state index contributed by atoms with van der Waals surface area (Å²) in [4.78, 5) is 16.8. The highest BCUT2D eigenvalue weighted by atomic mass is 79.9. The average Bonchev–Trinajstić information content (AvgIpc) is 2.47. The zero-order chi connectivity index (χ0) is 15.0. The predicted octanol–water partition coefficient (Wildman–Crippen LogP) is 4.20. The lowest BCUT2D eigenvalue weighted by Crippen LogP contribution is -2.42. The summed E-state index contributed by atoms with van der Waals surface area (Å²) in [5.74, 6) is -0.0147. The number of benzene rings is 2. The number of hydrogen-bond acceptors (Lipinski definition) is 2. The maximum Gasteiger partial charge on any atom is 0.259 e. The molecule has 2 aromatic rings. The molecule has 1 aliphatic heterocycles. The van der Waals surface area contributed by atoms with E-state index in [9.17, 15) is 4.79 Å². The lowest BCUT2D eigenvalue weighted by Gasteiger charge is -2.35. The molecule has 0 spiro atoms. The number of nitrogens with zero attached hydrogens (tertiary/aromatic N) is 2. The molecule has 21 heavy (non-hydrogen) atoms. The Kier molecular flexibility index (Phi) is 3.91. The first-order chi connectivity index (χ1) is 10.1. The lowest BCUT2D eigenvalue weighted by atomic mass is 10.1. The zero-order valence-electron chi connectivity index (χ0n) is 11.5. The molecule has 0 radical (unpaired) electrons. The van der Waals surface area contributed by atoms with Gasteiger partial charge in [-0.3, -0.25) is 4.79 Å². The van der Waals surface area contributed by atoms with E-state index in [0.29, 0.717) is 17.1 Å². The quantitative estimate of drug-likeness (QED) is 0.756. The van der Waals surface area contributed by atoms with Crippen LogP contribution in [0.1, 0.15) is 10.4 Å². The molecule has 108 valence electrons. The van der Waals surface area contributed by atoms with E-state index in [1.165, 1.54) is 0 Å². The standard InChI is InChI=1S/C16H14BrClN2O/c1-19-8-9-20(15-5-3-2-4-14(15)19)16(21)12-7-6-11(18)10-13(12)17/h2-7,10H,8-9H2,1H3. The third-order valence-corrected chi connectivity index (χ3v) is 4.54. The highest BCUT2D eigenvalue weighted by Crippen LogP contribution is 2.33. The van der Waals surface area contributed by atoms with E-state index in [1.54, 1.807) is 18.2 Å². The van der Waals surface area contributed by atoms with Gasteiger partial charge in [0.2, 0.25) is 0 Å². The molecule has 0 aliphatic carbocycles. The number of anilines is 2. The van der Waals surface area contributed by atoms with Gasteiger partial charge in [-0.15, -0.1) is 0 Å². The number of amides is 1. The first-order valence-corrected chi connectivity index (χ1v) is 7.82. The van der Waals surface area contributed by atoms with Gasteiger partial charge in [0.25, 0.3) is 5.91 Å². The summed E-state index contributed by atoms with van der Waals surface area (Å²) in [6.07, 6.45) is 0. The Morgan fingerprint density at radius 3 is 2.57 bits per heavy atom. The fourth-order valence-corrected chi connectivity index (χ4v) is 3.38. The summed E-state index contributed by atoms with van der Waals surface area (Å²) in [6, 6.07) is 13.2.